The van der Waals surface area contributed by atoms with Gasteiger partial charge in [-0.25, -0.2) is 9.99 Å². The fourth-order valence-electron chi connectivity index (χ4n) is 4.36. The Hall–Kier alpha value is -3.90. The highest BCUT2D eigenvalue weighted by Gasteiger charge is 2.35. The van der Waals surface area contributed by atoms with Crippen molar-refractivity contribution in [1.29, 1.82) is 0 Å². The van der Waals surface area contributed by atoms with Gasteiger partial charge in [-0.3, -0.25) is 4.79 Å². The van der Waals surface area contributed by atoms with Gasteiger partial charge in [-0.2, -0.15) is 5.10 Å². The molecule has 0 saturated carbocycles. The lowest BCUT2D eigenvalue weighted by Gasteiger charge is -2.23. The maximum atomic E-state index is 13.5. The largest absolute Gasteiger partial charge is 0.454 e. The molecule has 7 heteroatoms. The molecule has 2 aliphatic heterocycles. The van der Waals surface area contributed by atoms with Crippen LogP contribution in [0, 0.1) is 6.92 Å². The van der Waals surface area contributed by atoms with Crippen molar-refractivity contribution in [2.24, 2.45) is 5.10 Å². The van der Waals surface area contributed by atoms with Gasteiger partial charge in [0.2, 0.25) is 6.79 Å². The van der Waals surface area contributed by atoms with Gasteiger partial charge in [-0.1, -0.05) is 59.6 Å². The van der Waals surface area contributed by atoms with Crippen molar-refractivity contribution in [3.05, 3.63) is 100 Å². The van der Waals surface area contributed by atoms with Gasteiger partial charge < -0.3 is 9.47 Å². The van der Waals surface area contributed by atoms with E-state index in [2.05, 4.69) is 4.98 Å². The van der Waals surface area contributed by atoms with E-state index in [1.807, 2.05) is 67.6 Å². The van der Waals surface area contributed by atoms with Crippen molar-refractivity contribution in [1.82, 2.24) is 9.99 Å². The third kappa shape index (κ3) is 3.56. The summed E-state index contributed by atoms with van der Waals surface area (Å²) >= 11 is 6.69. The maximum Gasteiger partial charge on any atom is 0.274 e. The number of fused-ring (bicyclic) bond motifs is 2. The summed E-state index contributed by atoms with van der Waals surface area (Å²) in [6, 6.07) is 22.6. The molecule has 4 aromatic rings. The molecule has 3 aromatic carbocycles. The van der Waals surface area contributed by atoms with E-state index in [0.29, 0.717) is 34.2 Å². The molecule has 0 N–H and O–H groups in total. The lowest BCUT2D eigenvalue weighted by molar-refractivity contribution is 0.0711. The molecule has 0 radical (unpaired) electrons. The van der Waals surface area contributed by atoms with E-state index in [9.17, 15) is 4.79 Å². The molecule has 0 fully saturated rings. The number of nitrogens with zero attached hydrogens (tertiary/aromatic N) is 3. The molecule has 0 aliphatic carbocycles. The molecule has 1 unspecified atom stereocenters. The average Bonchev–Trinajstić information content (AvgIpc) is 3.50. The van der Waals surface area contributed by atoms with Crippen LogP contribution in [-0.4, -0.2) is 28.4 Å². The first-order valence-corrected chi connectivity index (χ1v) is 11.4. The van der Waals surface area contributed by atoms with Crippen molar-refractivity contribution in [3.63, 3.8) is 0 Å². The number of benzene rings is 3. The number of hydrogen-bond acceptors (Lipinski definition) is 5. The monoisotopic (exact) mass is 469 g/mol. The SMILES string of the molecule is Cc1ccc(C2=NN(C(=O)c3ccccc3)C(c3cc4cc5c(cc4nc3Cl)OCO5)C2)cc1. The standard InChI is InChI=1S/C27H20ClN3O3/c1-16-7-9-17(10-8-16)22-13-23(31(30-22)27(32)18-5-3-2-4-6-18)20-11-19-12-24-25(34-15-33-24)14-21(19)29-26(20)28/h2-12,14,23H,13,15H2,1H3. The molecule has 6 nitrogen and oxygen atoms in total. The number of hydrogen-bond donors (Lipinski definition) is 0. The third-order valence-electron chi connectivity index (χ3n) is 6.17. The number of halogens is 1. The van der Waals surface area contributed by atoms with Gasteiger partial charge in [0.15, 0.2) is 11.5 Å². The zero-order chi connectivity index (χ0) is 23.2. The summed E-state index contributed by atoms with van der Waals surface area (Å²) in [5.41, 5.74) is 4.98. The molecular formula is C27H20ClN3O3. The average molecular weight is 470 g/mol. The minimum atomic E-state index is -0.390. The van der Waals surface area contributed by atoms with Crippen molar-refractivity contribution in [2.45, 2.75) is 19.4 Å². The van der Waals surface area contributed by atoms with Gasteiger partial charge in [0, 0.05) is 29.0 Å². The van der Waals surface area contributed by atoms with E-state index in [4.69, 9.17) is 26.2 Å². The number of amides is 1. The Morgan fingerprint density at radius 3 is 2.50 bits per heavy atom. The topological polar surface area (TPSA) is 64.0 Å². The summed E-state index contributed by atoms with van der Waals surface area (Å²) in [7, 11) is 0. The molecule has 2 aliphatic rings. The second kappa shape index (κ2) is 8.15. The van der Waals surface area contributed by atoms with E-state index in [-0.39, 0.29) is 18.7 Å². The quantitative estimate of drug-likeness (QED) is 0.349. The second-order valence-electron chi connectivity index (χ2n) is 8.41. The third-order valence-corrected chi connectivity index (χ3v) is 6.48. The van der Waals surface area contributed by atoms with Crippen LogP contribution in [0.1, 0.15) is 39.5 Å². The van der Waals surface area contributed by atoms with Gasteiger partial charge in [-0.05, 0) is 36.8 Å². The Morgan fingerprint density at radius 1 is 1.00 bits per heavy atom. The van der Waals surface area contributed by atoms with Crippen molar-refractivity contribution >= 4 is 34.1 Å². The number of pyridine rings is 1. The number of aromatic nitrogens is 1. The minimum Gasteiger partial charge on any atom is -0.454 e. The highest BCUT2D eigenvalue weighted by molar-refractivity contribution is 6.30. The van der Waals surface area contributed by atoms with E-state index < -0.39 is 0 Å². The van der Waals surface area contributed by atoms with Gasteiger partial charge in [0.1, 0.15) is 5.15 Å². The normalized spacial score (nSPS) is 16.7. The van der Waals surface area contributed by atoms with Crippen LogP contribution in [0.3, 0.4) is 0 Å². The van der Waals surface area contributed by atoms with Crippen molar-refractivity contribution in [2.75, 3.05) is 6.79 Å². The number of rotatable bonds is 3. The molecule has 1 atom stereocenters. The Morgan fingerprint density at radius 2 is 1.74 bits per heavy atom. The summed E-state index contributed by atoms with van der Waals surface area (Å²) in [5, 5.41) is 7.50. The van der Waals surface area contributed by atoms with Crippen LogP contribution in [0.15, 0.2) is 77.9 Å². The van der Waals surface area contributed by atoms with Crippen molar-refractivity contribution < 1.29 is 14.3 Å². The number of carbonyl (C=O) groups is 1. The lowest BCUT2D eigenvalue weighted by Crippen LogP contribution is -2.27. The van der Waals surface area contributed by atoms with Gasteiger partial charge in [0.05, 0.1) is 17.3 Å². The summed E-state index contributed by atoms with van der Waals surface area (Å²) in [6.07, 6.45) is 0.527. The first-order valence-electron chi connectivity index (χ1n) is 11.0. The van der Waals surface area contributed by atoms with Crippen LogP contribution in [0.4, 0.5) is 0 Å². The molecule has 1 amide bonds. The Balaban J connectivity index is 1.45. The summed E-state index contributed by atoms with van der Waals surface area (Å²) < 4.78 is 11.0. The fraction of sp³-hybridized carbons (Fsp3) is 0.148. The fourth-order valence-corrected chi connectivity index (χ4v) is 4.64. The summed E-state index contributed by atoms with van der Waals surface area (Å²) in [5.74, 6) is 1.13. The van der Waals surface area contributed by atoms with Crippen LogP contribution in [-0.2, 0) is 0 Å². The molecule has 0 bridgehead atoms. The molecule has 0 spiro atoms. The molecule has 1 aromatic heterocycles. The summed E-state index contributed by atoms with van der Waals surface area (Å²) in [6.45, 7) is 2.22. The second-order valence-corrected chi connectivity index (χ2v) is 8.77. The first kappa shape index (κ1) is 20.7. The highest BCUT2D eigenvalue weighted by atomic mass is 35.5. The Labute approximate surface area is 201 Å². The predicted molar refractivity (Wildman–Crippen MR) is 131 cm³/mol. The smallest absolute Gasteiger partial charge is 0.274 e. The summed E-state index contributed by atoms with van der Waals surface area (Å²) in [4.78, 5) is 18.1. The molecule has 6 rings (SSSR count). The first-order chi connectivity index (χ1) is 16.6. The van der Waals surface area contributed by atoms with E-state index >= 15 is 0 Å². The van der Waals surface area contributed by atoms with Gasteiger partial charge in [-0.15, -0.1) is 0 Å². The zero-order valence-corrected chi connectivity index (χ0v) is 19.1. The van der Waals surface area contributed by atoms with E-state index in [1.165, 1.54) is 5.01 Å². The van der Waals surface area contributed by atoms with Gasteiger partial charge >= 0.3 is 0 Å². The van der Waals surface area contributed by atoms with Crippen LogP contribution >= 0.6 is 11.6 Å². The Kier molecular flexibility index (Phi) is 4.96. The van der Waals surface area contributed by atoms with Gasteiger partial charge in [0.25, 0.3) is 5.91 Å². The molecular weight excluding hydrogens is 450 g/mol. The van der Waals surface area contributed by atoms with Crippen LogP contribution in [0.25, 0.3) is 10.9 Å². The maximum absolute atomic E-state index is 13.5. The molecule has 0 saturated heterocycles. The molecule has 3 heterocycles. The lowest BCUT2D eigenvalue weighted by atomic mass is 9.97. The highest BCUT2D eigenvalue weighted by Crippen LogP contribution is 2.41. The molecule has 34 heavy (non-hydrogen) atoms. The predicted octanol–water partition coefficient (Wildman–Crippen LogP) is 5.92. The zero-order valence-electron chi connectivity index (χ0n) is 18.4. The van der Waals surface area contributed by atoms with Crippen LogP contribution in [0.5, 0.6) is 11.5 Å². The van der Waals surface area contributed by atoms with Crippen LogP contribution in [0.2, 0.25) is 5.15 Å². The molecule has 168 valence electrons. The Bertz CT molecular complexity index is 1450. The van der Waals surface area contributed by atoms with Crippen LogP contribution < -0.4 is 9.47 Å². The van der Waals surface area contributed by atoms with E-state index in [0.717, 1.165) is 27.8 Å². The number of ether oxygens (including phenoxy) is 2. The number of hydrazone groups is 1. The van der Waals surface area contributed by atoms with E-state index in [1.54, 1.807) is 12.1 Å². The number of aryl methyl sites for hydroxylation is 1. The van der Waals surface area contributed by atoms with Crippen molar-refractivity contribution in [3.8, 4) is 11.5 Å². The minimum absolute atomic E-state index is 0.183. The number of carbonyl (C=O) groups excluding carboxylic acids is 1.